The highest BCUT2D eigenvalue weighted by Gasteiger charge is 2.37. The van der Waals surface area contributed by atoms with Crippen LogP contribution in [-0.4, -0.2) is 63.6 Å². The molecule has 0 aliphatic carbocycles. The molecule has 0 bridgehead atoms. The number of hydrogen-bond acceptors (Lipinski definition) is 3. The van der Waals surface area contributed by atoms with E-state index in [0.717, 1.165) is 31.7 Å². The van der Waals surface area contributed by atoms with Crippen LogP contribution in [0.25, 0.3) is 0 Å². The number of urea groups is 1. The molecule has 2 atom stereocenters. The van der Waals surface area contributed by atoms with Gasteiger partial charge in [0.15, 0.2) is 0 Å². The minimum Gasteiger partial charge on any atom is -0.480 e. The van der Waals surface area contributed by atoms with E-state index >= 15 is 0 Å². The number of nitrogens with zero attached hydrogens (tertiary/aromatic N) is 2. The predicted octanol–water partition coefficient (Wildman–Crippen LogP) is 1.48. The summed E-state index contributed by atoms with van der Waals surface area (Å²) in [5.41, 5.74) is 0. The third-order valence-corrected chi connectivity index (χ3v) is 5.02. The van der Waals surface area contributed by atoms with Crippen molar-refractivity contribution in [3.8, 4) is 0 Å². The van der Waals surface area contributed by atoms with E-state index in [4.69, 9.17) is 5.11 Å². The summed E-state index contributed by atoms with van der Waals surface area (Å²) in [7, 11) is 0. The number of hydrogen-bond donors (Lipinski definition) is 1. The number of likely N-dealkylation sites (tertiary alicyclic amines) is 1. The molecule has 0 spiro atoms. The average molecular weight is 272 g/mol. The Labute approximate surface area is 112 Å². The predicted molar refractivity (Wildman–Crippen MR) is 70.9 cm³/mol. The van der Waals surface area contributed by atoms with Gasteiger partial charge in [0.05, 0.1) is 0 Å². The fourth-order valence-electron chi connectivity index (χ4n) is 2.57. The third kappa shape index (κ3) is 2.74. The standard InChI is InChI=1S/C12H20N2O3S/c1-2-9-8-13(6-7-18-9)12(17)14-5-3-4-10(14)11(15)16/h9-10H,2-8H2,1H3,(H,15,16). The van der Waals surface area contributed by atoms with Crippen molar-refractivity contribution >= 4 is 23.8 Å². The molecule has 2 unspecified atom stereocenters. The van der Waals surface area contributed by atoms with Gasteiger partial charge in [-0.3, -0.25) is 0 Å². The molecule has 18 heavy (non-hydrogen) atoms. The van der Waals surface area contributed by atoms with Crippen molar-refractivity contribution in [1.29, 1.82) is 0 Å². The van der Waals surface area contributed by atoms with E-state index in [0.29, 0.717) is 18.2 Å². The Morgan fingerprint density at radius 3 is 2.83 bits per heavy atom. The normalized spacial score (nSPS) is 28.5. The fraction of sp³-hybridized carbons (Fsp3) is 0.833. The van der Waals surface area contributed by atoms with Gasteiger partial charge in [-0.05, 0) is 19.3 Å². The van der Waals surface area contributed by atoms with Gasteiger partial charge in [-0.2, -0.15) is 11.8 Å². The van der Waals surface area contributed by atoms with Crippen molar-refractivity contribution < 1.29 is 14.7 Å². The van der Waals surface area contributed by atoms with Gasteiger partial charge >= 0.3 is 12.0 Å². The summed E-state index contributed by atoms with van der Waals surface area (Å²) >= 11 is 1.91. The average Bonchev–Trinajstić information content (AvgIpc) is 2.87. The van der Waals surface area contributed by atoms with Crippen molar-refractivity contribution in [2.24, 2.45) is 0 Å². The van der Waals surface area contributed by atoms with E-state index in [9.17, 15) is 9.59 Å². The van der Waals surface area contributed by atoms with E-state index in [1.807, 2.05) is 16.7 Å². The largest absolute Gasteiger partial charge is 0.480 e. The second-order valence-electron chi connectivity index (χ2n) is 4.82. The number of carboxylic acid groups (broad SMARTS) is 1. The lowest BCUT2D eigenvalue weighted by atomic mass is 10.2. The molecule has 0 aromatic rings. The number of aliphatic carboxylic acids is 1. The van der Waals surface area contributed by atoms with Gasteiger partial charge in [0, 0.05) is 30.6 Å². The molecular weight excluding hydrogens is 252 g/mol. The van der Waals surface area contributed by atoms with Crippen LogP contribution in [-0.2, 0) is 4.79 Å². The fourth-order valence-corrected chi connectivity index (χ4v) is 3.75. The first-order valence-electron chi connectivity index (χ1n) is 6.53. The van der Waals surface area contributed by atoms with Crippen LogP contribution < -0.4 is 0 Å². The lowest BCUT2D eigenvalue weighted by molar-refractivity contribution is -0.141. The molecule has 2 heterocycles. The van der Waals surface area contributed by atoms with Crippen LogP contribution in [0.1, 0.15) is 26.2 Å². The molecule has 2 aliphatic rings. The maximum absolute atomic E-state index is 12.4. The number of thioether (sulfide) groups is 1. The van der Waals surface area contributed by atoms with Crippen molar-refractivity contribution in [3.63, 3.8) is 0 Å². The Hall–Kier alpha value is -0.910. The summed E-state index contributed by atoms with van der Waals surface area (Å²) in [6, 6.07) is -0.703. The molecule has 2 rings (SSSR count). The van der Waals surface area contributed by atoms with E-state index in [-0.39, 0.29) is 6.03 Å². The maximum atomic E-state index is 12.4. The monoisotopic (exact) mass is 272 g/mol. The van der Waals surface area contributed by atoms with Crippen LogP contribution in [0, 0.1) is 0 Å². The first-order chi connectivity index (χ1) is 8.63. The minimum atomic E-state index is -0.876. The van der Waals surface area contributed by atoms with Crippen molar-refractivity contribution in [1.82, 2.24) is 9.80 Å². The number of amides is 2. The van der Waals surface area contributed by atoms with Crippen LogP contribution in [0.5, 0.6) is 0 Å². The first kappa shape index (κ1) is 13.5. The van der Waals surface area contributed by atoms with Gasteiger partial charge in [-0.15, -0.1) is 0 Å². The van der Waals surface area contributed by atoms with Crippen LogP contribution in [0.2, 0.25) is 0 Å². The molecule has 102 valence electrons. The van der Waals surface area contributed by atoms with Crippen LogP contribution in [0.15, 0.2) is 0 Å². The molecule has 1 N–H and O–H groups in total. The molecule has 0 radical (unpaired) electrons. The van der Waals surface area contributed by atoms with Crippen molar-refractivity contribution in [2.75, 3.05) is 25.4 Å². The SMILES string of the molecule is CCC1CN(C(=O)N2CCCC2C(=O)O)CCS1. The molecule has 0 saturated carbocycles. The Morgan fingerprint density at radius 1 is 1.39 bits per heavy atom. The number of carbonyl (C=O) groups excluding carboxylic acids is 1. The van der Waals surface area contributed by atoms with Gasteiger partial charge < -0.3 is 14.9 Å². The van der Waals surface area contributed by atoms with Gasteiger partial charge in [0.25, 0.3) is 0 Å². The summed E-state index contributed by atoms with van der Waals surface area (Å²) in [4.78, 5) is 26.8. The minimum absolute atomic E-state index is 0.0846. The maximum Gasteiger partial charge on any atom is 0.326 e. The summed E-state index contributed by atoms with van der Waals surface area (Å²) in [5.74, 6) is 0.0785. The van der Waals surface area contributed by atoms with Crippen LogP contribution in [0.4, 0.5) is 4.79 Å². The number of rotatable bonds is 2. The smallest absolute Gasteiger partial charge is 0.326 e. The molecule has 0 aromatic heterocycles. The number of carbonyl (C=O) groups is 2. The van der Waals surface area contributed by atoms with E-state index < -0.39 is 12.0 Å². The van der Waals surface area contributed by atoms with Crippen LogP contribution in [0.3, 0.4) is 0 Å². The molecule has 0 aromatic carbocycles. The molecule has 2 amide bonds. The zero-order valence-corrected chi connectivity index (χ0v) is 11.5. The molecule has 2 saturated heterocycles. The van der Waals surface area contributed by atoms with E-state index in [1.54, 1.807) is 0 Å². The zero-order chi connectivity index (χ0) is 13.1. The molecular formula is C12H20N2O3S. The quantitative estimate of drug-likeness (QED) is 0.827. The summed E-state index contributed by atoms with van der Waals surface area (Å²) < 4.78 is 0. The molecule has 2 fully saturated rings. The third-order valence-electron chi connectivity index (χ3n) is 3.65. The molecule has 6 heteroatoms. The molecule has 5 nitrogen and oxygen atoms in total. The Kier molecular flexibility index (Phi) is 4.37. The number of carboxylic acids is 1. The topological polar surface area (TPSA) is 60.9 Å². The lowest BCUT2D eigenvalue weighted by Crippen LogP contribution is -2.51. The Bertz CT molecular complexity index is 337. The van der Waals surface area contributed by atoms with Crippen molar-refractivity contribution in [3.05, 3.63) is 0 Å². The van der Waals surface area contributed by atoms with E-state index in [2.05, 4.69) is 6.92 Å². The lowest BCUT2D eigenvalue weighted by Gasteiger charge is -2.35. The van der Waals surface area contributed by atoms with Gasteiger partial charge in [0.1, 0.15) is 6.04 Å². The summed E-state index contributed by atoms with van der Waals surface area (Å²) in [6.45, 7) is 4.20. The second-order valence-corrected chi connectivity index (χ2v) is 6.23. The zero-order valence-electron chi connectivity index (χ0n) is 10.7. The highest BCUT2D eigenvalue weighted by molar-refractivity contribution is 8.00. The van der Waals surface area contributed by atoms with Crippen LogP contribution >= 0.6 is 11.8 Å². The molecule has 2 aliphatic heterocycles. The highest BCUT2D eigenvalue weighted by atomic mass is 32.2. The van der Waals surface area contributed by atoms with Gasteiger partial charge in [0.2, 0.25) is 0 Å². The van der Waals surface area contributed by atoms with Gasteiger partial charge in [-0.1, -0.05) is 6.92 Å². The van der Waals surface area contributed by atoms with E-state index in [1.165, 1.54) is 4.90 Å². The Morgan fingerprint density at radius 2 is 2.17 bits per heavy atom. The second kappa shape index (κ2) is 5.82. The Balaban J connectivity index is 1.99. The summed E-state index contributed by atoms with van der Waals surface area (Å²) in [6.07, 6.45) is 2.43. The summed E-state index contributed by atoms with van der Waals surface area (Å²) in [5, 5.41) is 9.61. The first-order valence-corrected chi connectivity index (χ1v) is 7.58. The van der Waals surface area contributed by atoms with Gasteiger partial charge in [-0.25, -0.2) is 9.59 Å². The van der Waals surface area contributed by atoms with Crippen molar-refractivity contribution in [2.45, 2.75) is 37.5 Å². The highest BCUT2D eigenvalue weighted by Crippen LogP contribution is 2.25.